The lowest BCUT2D eigenvalue weighted by atomic mass is 10.2. The van der Waals surface area contributed by atoms with E-state index in [2.05, 4.69) is 30.9 Å². The molecule has 0 aliphatic heterocycles. The van der Waals surface area contributed by atoms with Gasteiger partial charge >= 0.3 is 0 Å². The summed E-state index contributed by atoms with van der Waals surface area (Å²) in [5.41, 5.74) is 0. The molecular weight excluding hydrogens is 96.1 g/mol. The van der Waals surface area contributed by atoms with Gasteiger partial charge in [-0.25, -0.2) is 0 Å². The molecular formula is C4H9OS. The van der Waals surface area contributed by atoms with Gasteiger partial charge in [0.25, 0.3) is 0 Å². The molecule has 0 saturated heterocycles. The van der Waals surface area contributed by atoms with E-state index in [1.807, 2.05) is 0 Å². The zero-order valence-electron chi connectivity index (χ0n) is 4.10. The number of hydrogen-bond acceptors (Lipinski definition) is 1. The fourth-order valence-corrected chi connectivity index (χ4v) is 0.408. The van der Waals surface area contributed by atoms with Gasteiger partial charge in [-0.2, -0.15) is 0 Å². The van der Waals surface area contributed by atoms with E-state index in [1.165, 1.54) is 0 Å². The predicted molar refractivity (Wildman–Crippen MR) is 28.4 cm³/mol. The highest BCUT2D eigenvalue weighted by atomic mass is 32.1. The normalized spacial score (nSPS) is 10.0. The van der Waals surface area contributed by atoms with E-state index < -0.39 is 0 Å². The van der Waals surface area contributed by atoms with Gasteiger partial charge in [0.1, 0.15) is 0 Å². The minimum Gasteiger partial charge on any atom is -0.303 e. The van der Waals surface area contributed by atoms with Gasteiger partial charge in [-0.15, -0.1) is 0 Å². The van der Waals surface area contributed by atoms with Crippen molar-refractivity contribution in [2.75, 3.05) is 6.61 Å². The Hall–Kier alpha value is 0.310. The maximum Gasteiger partial charge on any atom is 0.0925 e. The monoisotopic (exact) mass is 105 g/mol. The molecule has 0 amide bonds. The molecule has 0 aliphatic rings. The van der Waals surface area contributed by atoms with Crippen LogP contribution in [-0.2, 0) is 4.18 Å². The summed E-state index contributed by atoms with van der Waals surface area (Å²) in [5.74, 6) is 0.572. The summed E-state index contributed by atoms with van der Waals surface area (Å²) >= 11 is 4.23. The minimum atomic E-state index is 0.572. The topological polar surface area (TPSA) is 9.23 Å². The molecule has 2 heteroatoms. The predicted octanol–water partition coefficient (Wildman–Crippen LogP) is 1.77. The quantitative estimate of drug-likeness (QED) is 0.520. The molecule has 0 aromatic rings. The number of hydrogen-bond donors (Lipinski definition) is 0. The molecule has 0 fully saturated rings. The van der Waals surface area contributed by atoms with Gasteiger partial charge in [0, 0.05) is 0 Å². The summed E-state index contributed by atoms with van der Waals surface area (Å²) in [6.45, 7) is 4.81. The Morgan fingerprint density at radius 2 is 2.17 bits per heavy atom. The van der Waals surface area contributed by atoms with E-state index in [0.717, 1.165) is 0 Å². The van der Waals surface area contributed by atoms with Crippen LogP contribution in [0.4, 0.5) is 0 Å². The molecule has 0 spiro atoms. The molecule has 0 aromatic carbocycles. The first kappa shape index (κ1) is 6.31. The Morgan fingerprint density at radius 3 is 2.17 bits per heavy atom. The smallest absolute Gasteiger partial charge is 0.0925 e. The first-order valence-electron chi connectivity index (χ1n) is 2.02. The van der Waals surface area contributed by atoms with Crippen LogP contribution in [0.1, 0.15) is 13.8 Å². The fourth-order valence-electron chi connectivity index (χ4n) is 0.136. The van der Waals surface area contributed by atoms with E-state index in [0.29, 0.717) is 12.5 Å². The van der Waals surface area contributed by atoms with Gasteiger partial charge in [-0.1, -0.05) is 13.8 Å². The van der Waals surface area contributed by atoms with Crippen LogP contribution < -0.4 is 0 Å². The van der Waals surface area contributed by atoms with Crippen molar-refractivity contribution in [1.82, 2.24) is 0 Å². The zero-order valence-corrected chi connectivity index (χ0v) is 4.92. The van der Waals surface area contributed by atoms with Crippen LogP contribution in [0.15, 0.2) is 0 Å². The molecule has 0 aromatic heterocycles. The summed E-state index contributed by atoms with van der Waals surface area (Å²) in [6.07, 6.45) is 0. The van der Waals surface area contributed by atoms with Crippen LogP contribution in [0.2, 0.25) is 0 Å². The van der Waals surface area contributed by atoms with E-state index in [4.69, 9.17) is 0 Å². The Kier molecular flexibility index (Phi) is 3.68. The van der Waals surface area contributed by atoms with Crippen LogP contribution in [0, 0.1) is 5.92 Å². The van der Waals surface area contributed by atoms with Crippen molar-refractivity contribution in [2.45, 2.75) is 13.8 Å². The second kappa shape index (κ2) is 3.50. The molecule has 0 N–H and O–H groups in total. The molecule has 0 unspecified atom stereocenters. The molecule has 6 heavy (non-hydrogen) atoms. The molecule has 0 aliphatic carbocycles. The molecule has 0 rings (SSSR count). The summed E-state index contributed by atoms with van der Waals surface area (Å²) in [6, 6.07) is 0. The molecule has 0 bridgehead atoms. The fraction of sp³-hybridized carbons (Fsp3) is 1.00. The minimum absolute atomic E-state index is 0.572. The SMILES string of the molecule is CC(C)CO[S]. The van der Waals surface area contributed by atoms with Gasteiger partial charge in [-0.05, 0) is 5.92 Å². The lowest BCUT2D eigenvalue weighted by molar-refractivity contribution is 0.321. The Morgan fingerprint density at radius 1 is 1.67 bits per heavy atom. The third-order valence-electron chi connectivity index (χ3n) is 0.401. The molecule has 1 radical (unpaired) electrons. The highest BCUT2D eigenvalue weighted by Gasteiger charge is 1.87. The lowest BCUT2D eigenvalue weighted by Crippen LogP contribution is -1.93. The molecule has 0 atom stereocenters. The summed E-state index contributed by atoms with van der Waals surface area (Å²) in [7, 11) is 0. The van der Waals surface area contributed by atoms with Crippen LogP contribution in [0.5, 0.6) is 0 Å². The first-order chi connectivity index (χ1) is 2.77. The molecule has 1 nitrogen and oxygen atoms in total. The second-order valence-electron chi connectivity index (χ2n) is 1.68. The average molecular weight is 105 g/mol. The largest absolute Gasteiger partial charge is 0.303 e. The van der Waals surface area contributed by atoms with E-state index in [1.54, 1.807) is 0 Å². The van der Waals surface area contributed by atoms with E-state index in [-0.39, 0.29) is 0 Å². The van der Waals surface area contributed by atoms with Crippen molar-refractivity contribution >= 4 is 12.9 Å². The van der Waals surface area contributed by atoms with Crippen molar-refractivity contribution in [2.24, 2.45) is 5.92 Å². The summed E-state index contributed by atoms with van der Waals surface area (Å²) in [5, 5.41) is 0. The van der Waals surface area contributed by atoms with Gasteiger partial charge < -0.3 is 4.18 Å². The van der Waals surface area contributed by atoms with E-state index in [9.17, 15) is 0 Å². The third kappa shape index (κ3) is 4.31. The molecule has 37 valence electrons. The standard InChI is InChI=1S/C4H9OS/c1-4(2)3-5-6/h4H,3H2,1-2H3. The van der Waals surface area contributed by atoms with Crippen molar-refractivity contribution in [3.63, 3.8) is 0 Å². The van der Waals surface area contributed by atoms with Crippen LogP contribution in [-0.4, -0.2) is 6.61 Å². The number of rotatable bonds is 2. The Bertz CT molecular complexity index is 28.7. The first-order valence-corrected chi connectivity index (χ1v) is 2.35. The second-order valence-corrected chi connectivity index (χ2v) is 1.91. The maximum absolute atomic E-state index is 4.39. The highest BCUT2D eigenvalue weighted by molar-refractivity contribution is 7.75. The van der Waals surface area contributed by atoms with Crippen molar-refractivity contribution in [3.05, 3.63) is 0 Å². The third-order valence-corrected chi connectivity index (χ3v) is 0.537. The van der Waals surface area contributed by atoms with E-state index >= 15 is 0 Å². The average Bonchev–Trinajstić information content (AvgIpc) is 1.35. The summed E-state index contributed by atoms with van der Waals surface area (Å²) < 4.78 is 4.39. The Balaban J connectivity index is 2.63. The van der Waals surface area contributed by atoms with Gasteiger partial charge in [-0.3, -0.25) is 0 Å². The van der Waals surface area contributed by atoms with Gasteiger partial charge in [0.2, 0.25) is 0 Å². The van der Waals surface area contributed by atoms with Crippen LogP contribution in [0.3, 0.4) is 0 Å². The van der Waals surface area contributed by atoms with Crippen molar-refractivity contribution in [1.29, 1.82) is 0 Å². The lowest BCUT2D eigenvalue weighted by Gasteiger charge is -1.95. The van der Waals surface area contributed by atoms with Gasteiger partial charge in [0.05, 0.1) is 19.5 Å². The zero-order chi connectivity index (χ0) is 4.99. The van der Waals surface area contributed by atoms with Gasteiger partial charge in [0.15, 0.2) is 0 Å². The van der Waals surface area contributed by atoms with Crippen LogP contribution >= 0.6 is 12.9 Å². The highest BCUT2D eigenvalue weighted by Crippen LogP contribution is 1.92. The molecule has 0 heterocycles. The van der Waals surface area contributed by atoms with Crippen molar-refractivity contribution < 1.29 is 4.18 Å². The molecule has 0 saturated carbocycles. The summed E-state index contributed by atoms with van der Waals surface area (Å²) in [4.78, 5) is 0. The van der Waals surface area contributed by atoms with Crippen LogP contribution in [0.25, 0.3) is 0 Å². The Labute approximate surface area is 44.3 Å². The van der Waals surface area contributed by atoms with Crippen molar-refractivity contribution in [3.8, 4) is 0 Å². The maximum atomic E-state index is 4.39.